The van der Waals surface area contributed by atoms with Crippen LogP contribution in [-0.4, -0.2) is 53.4 Å². The van der Waals surface area contributed by atoms with Crippen molar-refractivity contribution in [2.75, 3.05) is 26.0 Å². The lowest BCUT2D eigenvalue weighted by Gasteiger charge is -2.40. The largest absolute Gasteiger partial charge is 0.573 e. The second-order valence-electron chi connectivity index (χ2n) is 11.0. The first-order valence-electron chi connectivity index (χ1n) is 12.7. The van der Waals surface area contributed by atoms with Crippen LogP contribution in [0.4, 0.5) is 24.8 Å². The first kappa shape index (κ1) is 28.3. The number of fused-ring (bicyclic) bond motifs is 1. The second-order valence-corrected chi connectivity index (χ2v) is 11.0. The Kier molecular flexibility index (Phi) is 7.81. The van der Waals surface area contributed by atoms with E-state index in [1.165, 1.54) is 43.3 Å². The Morgan fingerprint density at radius 1 is 1.15 bits per heavy atom. The molecule has 2 atom stereocenters. The van der Waals surface area contributed by atoms with Gasteiger partial charge < -0.3 is 24.3 Å². The number of nitrogens with zero attached hydrogens (tertiary/aromatic N) is 3. The van der Waals surface area contributed by atoms with Gasteiger partial charge in [0.1, 0.15) is 12.3 Å². The number of anilines is 2. The van der Waals surface area contributed by atoms with Crippen LogP contribution >= 0.6 is 0 Å². The van der Waals surface area contributed by atoms with Gasteiger partial charge in [0.25, 0.3) is 5.91 Å². The summed E-state index contributed by atoms with van der Waals surface area (Å²) in [5, 5.41) is 3.26. The molecular weight excluding hydrogens is 513 g/mol. The molecule has 1 unspecified atom stereocenters. The van der Waals surface area contributed by atoms with Crippen molar-refractivity contribution in [3.8, 4) is 5.75 Å². The maximum absolute atomic E-state index is 13.1. The fraction of sp³-hybridized carbons (Fsp3) is 0.464. The van der Waals surface area contributed by atoms with Crippen LogP contribution in [0.15, 0.2) is 42.5 Å². The summed E-state index contributed by atoms with van der Waals surface area (Å²) in [6.07, 6.45) is -1.90. The van der Waals surface area contributed by atoms with Gasteiger partial charge in [0.15, 0.2) is 0 Å². The van der Waals surface area contributed by atoms with E-state index >= 15 is 0 Å². The molecule has 3 aromatic rings. The predicted octanol–water partition coefficient (Wildman–Crippen LogP) is 6.31. The van der Waals surface area contributed by atoms with Gasteiger partial charge in [-0.15, -0.1) is 13.2 Å². The van der Waals surface area contributed by atoms with Gasteiger partial charge in [-0.05, 0) is 73.1 Å². The normalized spacial score (nSPS) is 19.0. The number of alkyl halides is 3. The molecule has 8 nitrogen and oxygen atoms in total. The molecule has 1 saturated carbocycles. The summed E-state index contributed by atoms with van der Waals surface area (Å²) in [6.45, 7) is 6.51. The number of carbonyl (C=O) groups is 2. The number of ether oxygens (including phenoxy) is 2. The number of esters is 1. The third-order valence-electron chi connectivity index (χ3n) is 6.95. The van der Waals surface area contributed by atoms with E-state index in [4.69, 9.17) is 4.98 Å². The Bertz CT molecular complexity index is 1350. The number of nitrogens with one attached hydrogen (secondary N) is 1. The molecule has 4 rings (SSSR count). The van der Waals surface area contributed by atoms with Gasteiger partial charge in [0.2, 0.25) is 5.95 Å². The smallest absolute Gasteiger partial charge is 0.468 e. The third kappa shape index (κ3) is 6.82. The Hall–Kier alpha value is -3.76. The number of amides is 1. The van der Waals surface area contributed by atoms with Crippen molar-refractivity contribution in [2.24, 2.45) is 11.3 Å². The van der Waals surface area contributed by atoms with Crippen molar-refractivity contribution >= 4 is 34.5 Å². The molecule has 1 aliphatic rings. The van der Waals surface area contributed by atoms with Gasteiger partial charge in [0.05, 0.1) is 18.1 Å². The highest BCUT2D eigenvalue weighted by molar-refractivity contribution is 5.99. The van der Waals surface area contributed by atoms with E-state index < -0.39 is 12.3 Å². The minimum absolute atomic E-state index is 0.0715. The third-order valence-corrected chi connectivity index (χ3v) is 6.95. The quantitative estimate of drug-likeness (QED) is 0.350. The van der Waals surface area contributed by atoms with E-state index in [0.29, 0.717) is 28.6 Å². The molecule has 1 aromatic heterocycles. The average molecular weight is 547 g/mol. The summed E-state index contributed by atoms with van der Waals surface area (Å²) < 4.78 is 48.5. The number of carbonyl (C=O) groups excluding carboxylic acids is 2. The van der Waals surface area contributed by atoms with Gasteiger partial charge in [0, 0.05) is 24.3 Å². The number of likely N-dealkylation sites (N-methyl/N-ethyl adjacent to an activating group) is 1. The minimum atomic E-state index is -4.77. The van der Waals surface area contributed by atoms with Crippen molar-refractivity contribution in [2.45, 2.75) is 52.4 Å². The standard InChI is InChI=1S/C28H33F3N4O4/c1-17-12-20(15-27(2,3)14-17)35-23-13-18(25(37)34(4)16-24(36)38-5)6-11-22(23)33-26(35)32-19-7-9-21(10-8-19)39-28(29,30)31/h6-11,13,17,20H,12,14-16H2,1-5H3,(H,32,33)/t17-,20?/m0/s1. The maximum atomic E-state index is 13.1. The van der Waals surface area contributed by atoms with Crippen molar-refractivity contribution in [1.82, 2.24) is 14.5 Å². The molecule has 0 radical (unpaired) electrons. The second kappa shape index (κ2) is 10.8. The van der Waals surface area contributed by atoms with E-state index in [9.17, 15) is 22.8 Å². The molecule has 0 saturated heterocycles. The van der Waals surface area contributed by atoms with Crippen LogP contribution in [0.25, 0.3) is 11.0 Å². The minimum Gasteiger partial charge on any atom is -0.468 e. The molecule has 1 heterocycles. The zero-order chi connectivity index (χ0) is 28.5. The zero-order valence-corrected chi connectivity index (χ0v) is 22.6. The highest BCUT2D eigenvalue weighted by Crippen LogP contribution is 2.46. The summed E-state index contributed by atoms with van der Waals surface area (Å²) in [4.78, 5) is 30.9. The van der Waals surface area contributed by atoms with Crippen LogP contribution in [0.5, 0.6) is 5.75 Å². The van der Waals surface area contributed by atoms with Gasteiger partial charge in [-0.2, -0.15) is 0 Å². The van der Waals surface area contributed by atoms with Crippen LogP contribution in [0.1, 0.15) is 56.4 Å². The SMILES string of the molecule is COC(=O)CN(C)C(=O)c1ccc2nc(Nc3ccc(OC(F)(F)F)cc3)n(C3C[C@H](C)CC(C)(C)C3)c2c1. The molecule has 210 valence electrons. The number of hydrogen-bond donors (Lipinski definition) is 1. The van der Waals surface area contributed by atoms with Crippen LogP contribution in [-0.2, 0) is 9.53 Å². The van der Waals surface area contributed by atoms with E-state index in [2.05, 4.69) is 40.1 Å². The summed E-state index contributed by atoms with van der Waals surface area (Å²) in [5.41, 5.74) is 2.44. The Morgan fingerprint density at radius 2 is 1.85 bits per heavy atom. The number of benzene rings is 2. The number of methoxy groups -OCH3 is 1. The molecule has 1 amide bonds. The van der Waals surface area contributed by atoms with Gasteiger partial charge >= 0.3 is 12.3 Å². The summed E-state index contributed by atoms with van der Waals surface area (Å²) >= 11 is 0. The van der Waals surface area contributed by atoms with E-state index in [1.807, 2.05) is 0 Å². The molecule has 1 N–H and O–H groups in total. The lowest BCUT2D eigenvalue weighted by atomic mass is 9.70. The molecule has 0 spiro atoms. The molecule has 2 aromatic carbocycles. The lowest BCUT2D eigenvalue weighted by Crippen LogP contribution is -2.32. The monoisotopic (exact) mass is 546 g/mol. The molecule has 39 heavy (non-hydrogen) atoms. The highest BCUT2D eigenvalue weighted by Gasteiger charge is 2.35. The first-order chi connectivity index (χ1) is 18.2. The molecule has 1 aliphatic carbocycles. The molecular formula is C28H33F3N4O4. The molecule has 11 heteroatoms. The van der Waals surface area contributed by atoms with Crippen LogP contribution in [0, 0.1) is 11.3 Å². The van der Waals surface area contributed by atoms with Crippen LogP contribution < -0.4 is 10.1 Å². The van der Waals surface area contributed by atoms with Gasteiger partial charge in [-0.25, -0.2) is 4.98 Å². The Morgan fingerprint density at radius 3 is 2.46 bits per heavy atom. The number of halogens is 3. The van der Waals surface area contributed by atoms with Crippen molar-refractivity contribution in [1.29, 1.82) is 0 Å². The molecule has 1 fully saturated rings. The maximum Gasteiger partial charge on any atom is 0.573 e. The fourth-order valence-electron chi connectivity index (χ4n) is 5.60. The average Bonchev–Trinajstić information content (AvgIpc) is 3.19. The van der Waals surface area contributed by atoms with E-state index in [1.54, 1.807) is 18.2 Å². The zero-order valence-electron chi connectivity index (χ0n) is 22.6. The Labute approximate surface area is 225 Å². The number of imidazole rings is 1. The number of rotatable bonds is 7. The Balaban J connectivity index is 1.73. The van der Waals surface area contributed by atoms with Crippen LogP contribution in [0.3, 0.4) is 0 Å². The molecule has 0 bridgehead atoms. The summed E-state index contributed by atoms with van der Waals surface area (Å²) in [7, 11) is 2.80. The number of hydrogen-bond acceptors (Lipinski definition) is 6. The highest BCUT2D eigenvalue weighted by atomic mass is 19.4. The van der Waals surface area contributed by atoms with Gasteiger partial charge in [-0.3, -0.25) is 9.59 Å². The fourth-order valence-corrected chi connectivity index (χ4v) is 5.60. The summed E-state index contributed by atoms with van der Waals surface area (Å²) in [6, 6.07) is 10.7. The topological polar surface area (TPSA) is 85.7 Å². The first-order valence-corrected chi connectivity index (χ1v) is 12.7. The van der Waals surface area contributed by atoms with Crippen molar-refractivity contribution < 1.29 is 32.2 Å². The lowest BCUT2D eigenvalue weighted by molar-refractivity contribution is -0.274. The molecule has 0 aliphatic heterocycles. The summed E-state index contributed by atoms with van der Waals surface area (Å²) in [5.74, 6) is -0.185. The van der Waals surface area contributed by atoms with E-state index in [-0.39, 0.29) is 29.7 Å². The van der Waals surface area contributed by atoms with Crippen molar-refractivity contribution in [3.05, 3.63) is 48.0 Å². The van der Waals surface area contributed by atoms with Crippen LogP contribution in [0.2, 0.25) is 0 Å². The number of aromatic nitrogens is 2. The van der Waals surface area contributed by atoms with E-state index in [0.717, 1.165) is 24.8 Å². The van der Waals surface area contributed by atoms with Gasteiger partial charge in [-0.1, -0.05) is 20.8 Å². The van der Waals surface area contributed by atoms with Crippen molar-refractivity contribution in [3.63, 3.8) is 0 Å². The predicted molar refractivity (Wildman–Crippen MR) is 141 cm³/mol.